The fourth-order valence-electron chi connectivity index (χ4n) is 3.96. The van der Waals surface area contributed by atoms with Crippen molar-refractivity contribution in [2.45, 2.75) is 62.6 Å². The van der Waals surface area contributed by atoms with Crippen LogP contribution in [0.5, 0.6) is 0 Å². The molecule has 3 atom stereocenters. The molecule has 8 heteroatoms. The van der Waals surface area contributed by atoms with E-state index >= 15 is 0 Å². The number of carbonyl (C=O) groups excluding carboxylic acids is 1. The highest BCUT2D eigenvalue weighted by Gasteiger charge is 2.30. The summed E-state index contributed by atoms with van der Waals surface area (Å²) in [4.78, 5) is 11.7. The van der Waals surface area contributed by atoms with Gasteiger partial charge in [-0.15, -0.1) is 0 Å². The van der Waals surface area contributed by atoms with Crippen molar-refractivity contribution in [1.82, 2.24) is 10.2 Å². The second kappa shape index (κ2) is 8.03. The van der Waals surface area contributed by atoms with Gasteiger partial charge in [0.15, 0.2) is 11.6 Å². The maximum absolute atomic E-state index is 14.7. The summed E-state index contributed by atoms with van der Waals surface area (Å²) in [5, 5.41) is 10.3. The standard InChI is InChI=1S/C20H24FN3O3S/c1-2-3-19(25)27-14-6-4-12(8-14)17-9-18(24-23-17)22-16-7-5-13-10-28(26)11-15(13)20(16)21/h5,7,9,12,14H,2-4,6,8,10-11H2,1H3,(H2,22,23,24). The van der Waals surface area contributed by atoms with E-state index in [1.54, 1.807) is 6.07 Å². The summed E-state index contributed by atoms with van der Waals surface area (Å²) in [5.41, 5.74) is 2.65. The lowest BCUT2D eigenvalue weighted by Crippen LogP contribution is -2.14. The maximum Gasteiger partial charge on any atom is 0.306 e. The molecule has 1 aliphatic carbocycles. The molecule has 3 unspecified atom stereocenters. The highest BCUT2D eigenvalue weighted by atomic mass is 32.2. The largest absolute Gasteiger partial charge is 0.462 e. The van der Waals surface area contributed by atoms with Gasteiger partial charge >= 0.3 is 5.97 Å². The van der Waals surface area contributed by atoms with Crippen LogP contribution in [0.3, 0.4) is 0 Å². The number of halogens is 1. The van der Waals surface area contributed by atoms with Crippen molar-refractivity contribution >= 4 is 28.3 Å². The van der Waals surface area contributed by atoms with Crippen molar-refractivity contribution in [3.05, 3.63) is 40.8 Å². The van der Waals surface area contributed by atoms with E-state index in [1.807, 2.05) is 19.1 Å². The number of carbonyl (C=O) groups is 1. The minimum absolute atomic E-state index is 0.0428. The van der Waals surface area contributed by atoms with Gasteiger partial charge in [-0.3, -0.25) is 14.1 Å². The van der Waals surface area contributed by atoms with E-state index in [-0.39, 0.29) is 29.6 Å². The van der Waals surface area contributed by atoms with Crippen molar-refractivity contribution in [2.24, 2.45) is 0 Å². The van der Waals surface area contributed by atoms with Gasteiger partial charge in [-0.2, -0.15) is 5.10 Å². The Morgan fingerprint density at radius 3 is 3.07 bits per heavy atom. The summed E-state index contributed by atoms with van der Waals surface area (Å²) >= 11 is 0. The lowest BCUT2D eigenvalue weighted by molar-refractivity contribution is -0.148. The van der Waals surface area contributed by atoms with Crippen LogP contribution >= 0.6 is 0 Å². The van der Waals surface area contributed by atoms with Crippen molar-refractivity contribution in [2.75, 3.05) is 5.32 Å². The van der Waals surface area contributed by atoms with Gasteiger partial charge in [-0.05, 0) is 37.3 Å². The number of hydrogen-bond acceptors (Lipinski definition) is 5. The molecule has 0 bridgehead atoms. The third-order valence-corrected chi connectivity index (χ3v) is 6.64. The third-order valence-electron chi connectivity index (χ3n) is 5.40. The number of nitrogens with one attached hydrogen (secondary N) is 2. The number of nitrogens with zero attached hydrogens (tertiary/aromatic N) is 1. The molecule has 1 fully saturated rings. The minimum Gasteiger partial charge on any atom is -0.462 e. The first kappa shape index (κ1) is 19.1. The predicted octanol–water partition coefficient (Wildman–Crippen LogP) is 4.03. The number of ether oxygens (including phenoxy) is 1. The molecule has 2 aromatic rings. The first-order chi connectivity index (χ1) is 13.5. The molecule has 0 amide bonds. The van der Waals surface area contributed by atoms with Gasteiger partial charge in [-0.25, -0.2) is 4.39 Å². The van der Waals surface area contributed by atoms with E-state index in [2.05, 4.69) is 15.5 Å². The molecule has 1 aliphatic heterocycles. The van der Waals surface area contributed by atoms with Gasteiger partial charge in [0.05, 0.1) is 11.4 Å². The molecule has 2 N–H and O–H groups in total. The Kier molecular flexibility index (Phi) is 5.48. The summed E-state index contributed by atoms with van der Waals surface area (Å²) in [7, 11) is -1.02. The van der Waals surface area contributed by atoms with E-state index in [1.165, 1.54) is 0 Å². The van der Waals surface area contributed by atoms with E-state index < -0.39 is 10.8 Å². The highest BCUT2D eigenvalue weighted by molar-refractivity contribution is 7.83. The third kappa shape index (κ3) is 3.97. The monoisotopic (exact) mass is 405 g/mol. The molecule has 2 aliphatic rings. The van der Waals surface area contributed by atoms with Gasteiger partial charge in [-0.1, -0.05) is 13.0 Å². The van der Waals surface area contributed by atoms with Gasteiger partial charge in [0.1, 0.15) is 6.10 Å². The molecule has 4 rings (SSSR count). The zero-order valence-electron chi connectivity index (χ0n) is 15.8. The van der Waals surface area contributed by atoms with Crippen LogP contribution < -0.4 is 5.32 Å². The molecule has 28 heavy (non-hydrogen) atoms. The number of hydrogen-bond donors (Lipinski definition) is 2. The second-order valence-electron chi connectivity index (χ2n) is 7.50. The van der Waals surface area contributed by atoms with Crippen LogP contribution in [0.15, 0.2) is 18.2 Å². The van der Waals surface area contributed by atoms with Crippen LogP contribution in [-0.2, 0) is 31.8 Å². The number of fused-ring (bicyclic) bond motifs is 1. The fourth-order valence-corrected chi connectivity index (χ4v) is 5.31. The topological polar surface area (TPSA) is 84.1 Å². The maximum atomic E-state index is 14.7. The fraction of sp³-hybridized carbons (Fsp3) is 0.500. The summed E-state index contributed by atoms with van der Waals surface area (Å²) < 4.78 is 31.9. The Balaban J connectivity index is 1.40. The molecule has 1 saturated carbocycles. The van der Waals surface area contributed by atoms with E-state index in [0.717, 1.165) is 36.9 Å². The first-order valence-corrected chi connectivity index (χ1v) is 11.2. The van der Waals surface area contributed by atoms with Crippen LogP contribution in [0.1, 0.15) is 61.8 Å². The van der Waals surface area contributed by atoms with Gasteiger partial charge in [0, 0.05) is 46.2 Å². The molecule has 2 heterocycles. The van der Waals surface area contributed by atoms with Gasteiger partial charge in [0.25, 0.3) is 0 Å². The number of anilines is 2. The summed E-state index contributed by atoms with van der Waals surface area (Å²) in [6.07, 6.45) is 3.75. The molecule has 6 nitrogen and oxygen atoms in total. The molecule has 0 spiro atoms. The molecule has 1 aromatic heterocycles. The number of rotatable bonds is 6. The average molecular weight is 405 g/mol. The average Bonchev–Trinajstić information content (AvgIpc) is 3.37. The lowest BCUT2D eigenvalue weighted by Gasteiger charge is -2.11. The first-order valence-electron chi connectivity index (χ1n) is 9.70. The molecular weight excluding hydrogens is 381 g/mol. The summed E-state index contributed by atoms with van der Waals surface area (Å²) in [5.74, 6) is 0.993. The van der Waals surface area contributed by atoms with Crippen LogP contribution in [0, 0.1) is 5.82 Å². The quantitative estimate of drug-likeness (QED) is 0.709. The number of esters is 1. The van der Waals surface area contributed by atoms with E-state index in [0.29, 0.717) is 29.2 Å². The Labute approximate surface area is 165 Å². The number of aromatic nitrogens is 2. The SMILES string of the molecule is CCCC(=O)OC1CCC(c2cc(Nc3ccc4c(c3F)CS(=O)C4)n[nH]2)C1. The van der Waals surface area contributed by atoms with Gasteiger partial charge < -0.3 is 10.1 Å². The zero-order chi connectivity index (χ0) is 19.7. The minimum atomic E-state index is -1.02. The summed E-state index contributed by atoms with van der Waals surface area (Å²) in [6, 6.07) is 5.38. The molecule has 0 radical (unpaired) electrons. The van der Waals surface area contributed by atoms with E-state index in [9.17, 15) is 13.4 Å². The highest BCUT2D eigenvalue weighted by Crippen LogP contribution is 2.37. The Hall–Kier alpha value is -2.22. The smallest absolute Gasteiger partial charge is 0.306 e. The van der Waals surface area contributed by atoms with Crippen molar-refractivity contribution < 1.29 is 18.1 Å². The van der Waals surface area contributed by atoms with Crippen molar-refractivity contribution in [1.29, 1.82) is 0 Å². The van der Waals surface area contributed by atoms with Crippen LogP contribution in [0.2, 0.25) is 0 Å². The number of aromatic amines is 1. The molecule has 150 valence electrons. The van der Waals surface area contributed by atoms with Crippen molar-refractivity contribution in [3.63, 3.8) is 0 Å². The van der Waals surface area contributed by atoms with E-state index in [4.69, 9.17) is 4.74 Å². The van der Waals surface area contributed by atoms with Crippen LogP contribution in [0.4, 0.5) is 15.9 Å². The second-order valence-corrected chi connectivity index (χ2v) is 8.96. The van der Waals surface area contributed by atoms with Gasteiger partial charge in [0.2, 0.25) is 0 Å². The number of benzene rings is 1. The Morgan fingerprint density at radius 2 is 2.25 bits per heavy atom. The van der Waals surface area contributed by atoms with Crippen LogP contribution in [-0.4, -0.2) is 26.5 Å². The summed E-state index contributed by atoms with van der Waals surface area (Å²) in [6.45, 7) is 1.96. The normalized spacial score (nSPS) is 23.6. The predicted molar refractivity (Wildman–Crippen MR) is 105 cm³/mol. The lowest BCUT2D eigenvalue weighted by atomic mass is 10.0. The Bertz CT molecular complexity index is 914. The zero-order valence-corrected chi connectivity index (χ0v) is 16.6. The number of H-pyrrole nitrogens is 1. The molecular formula is C20H24FN3O3S. The molecule has 1 aromatic carbocycles. The van der Waals surface area contributed by atoms with Crippen molar-refractivity contribution in [3.8, 4) is 0 Å². The molecule has 0 saturated heterocycles. The Morgan fingerprint density at radius 1 is 1.39 bits per heavy atom. The van der Waals surface area contributed by atoms with Crippen LogP contribution in [0.25, 0.3) is 0 Å².